The van der Waals surface area contributed by atoms with Crippen LogP contribution in [0.15, 0.2) is 72.0 Å². The molecule has 0 N–H and O–H groups in total. The molecule has 2 unspecified atom stereocenters. The van der Waals surface area contributed by atoms with Gasteiger partial charge in [-0.15, -0.1) is 0 Å². The largest absolute Gasteiger partial charge is 0.497 e. The molecular formula is C19H17N3O. The number of nitrogens with zero attached hydrogens (tertiary/aromatic N) is 3. The van der Waals surface area contributed by atoms with Crippen LogP contribution < -0.4 is 9.64 Å². The molecule has 4 heteroatoms. The molecule has 114 valence electrons. The second kappa shape index (κ2) is 5.72. The number of hydrogen-bond donors (Lipinski definition) is 0. The van der Waals surface area contributed by atoms with Crippen molar-refractivity contribution in [2.24, 2.45) is 4.99 Å². The molecule has 0 amide bonds. The van der Waals surface area contributed by atoms with E-state index >= 15 is 0 Å². The molecule has 2 atom stereocenters. The molecular weight excluding hydrogens is 286 g/mol. The fourth-order valence-corrected chi connectivity index (χ4v) is 2.99. The van der Waals surface area contributed by atoms with E-state index in [1.807, 2.05) is 43.0 Å². The summed E-state index contributed by atoms with van der Waals surface area (Å²) in [5.74, 6) is 0.859. The molecule has 2 aliphatic rings. The Balaban J connectivity index is 1.65. The predicted octanol–water partition coefficient (Wildman–Crippen LogP) is 3.33. The van der Waals surface area contributed by atoms with E-state index in [-0.39, 0.29) is 12.1 Å². The lowest BCUT2D eigenvalue weighted by Crippen LogP contribution is -2.35. The number of hydrogen-bond acceptors (Lipinski definition) is 4. The maximum atomic E-state index is 5.23. The lowest BCUT2D eigenvalue weighted by molar-refractivity contribution is 0.415. The van der Waals surface area contributed by atoms with E-state index in [4.69, 9.17) is 4.74 Å². The van der Waals surface area contributed by atoms with Gasteiger partial charge < -0.3 is 9.64 Å². The summed E-state index contributed by atoms with van der Waals surface area (Å²) in [5, 5.41) is 0. The Bertz CT molecular complexity index is 778. The molecule has 0 fully saturated rings. The minimum atomic E-state index is 0.169. The van der Waals surface area contributed by atoms with Gasteiger partial charge in [-0.1, -0.05) is 18.2 Å². The molecule has 1 aromatic carbocycles. The van der Waals surface area contributed by atoms with E-state index in [9.17, 15) is 0 Å². The highest BCUT2D eigenvalue weighted by Gasteiger charge is 2.30. The van der Waals surface area contributed by atoms with Gasteiger partial charge in [-0.05, 0) is 47.5 Å². The minimum absolute atomic E-state index is 0.169. The standard InChI is InChI=1S/C19H17N3O/c1-23-17-5-3-16(4-6-17)22-13-21-18-7-2-15(12-19(18)22)14-8-10-20-11-9-14/h2-13,18-19H,1H3. The van der Waals surface area contributed by atoms with Gasteiger partial charge in [0.2, 0.25) is 0 Å². The van der Waals surface area contributed by atoms with Crippen molar-refractivity contribution in [3.05, 3.63) is 72.6 Å². The van der Waals surface area contributed by atoms with E-state index in [0.29, 0.717) is 0 Å². The van der Waals surface area contributed by atoms with Crippen LogP contribution in [0.4, 0.5) is 5.69 Å². The summed E-state index contributed by atoms with van der Waals surface area (Å²) in [4.78, 5) is 10.9. The van der Waals surface area contributed by atoms with Crippen molar-refractivity contribution < 1.29 is 4.74 Å². The summed E-state index contributed by atoms with van der Waals surface area (Å²) < 4.78 is 5.23. The monoisotopic (exact) mass is 303 g/mol. The average molecular weight is 303 g/mol. The molecule has 0 spiro atoms. The van der Waals surface area contributed by atoms with Crippen LogP contribution >= 0.6 is 0 Å². The first-order chi connectivity index (χ1) is 11.3. The van der Waals surface area contributed by atoms with E-state index < -0.39 is 0 Å². The van der Waals surface area contributed by atoms with Gasteiger partial charge in [-0.25, -0.2) is 0 Å². The molecule has 1 aliphatic heterocycles. The zero-order chi connectivity index (χ0) is 15.6. The summed E-state index contributed by atoms with van der Waals surface area (Å²) in [6.07, 6.45) is 12.2. The number of anilines is 1. The van der Waals surface area contributed by atoms with Crippen LogP contribution in [0.3, 0.4) is 0 Å². The third-order valence-corrected chi connectivity index (χ3v) is 4.24. The molecule has 1 aliphatic carbocycles. The summed E-state index contributed by atoms with van der Waals surface area (Å²) in [5.41, 5.74) is 3.50. The van der Waals surface area contributed by atoms with Gasteiger partial charge in [0.1, 0.15) is 5.75 Å². The number of ether oxygens (including phenoxy) is 1. The molecule has 4 rings (SSSR count). The Morgan fingerprint density at radius 3 is 2.57 bits per heavy atom. The highest BCUT2D eigenvalue weighted by molar-refractivity contribution is 5.87. The minimum Gasteiger partial charge on any atom is -0.497 e. The van der Waals surface area contributed by atoms with Gasteiger partial charge in [0.15, 0.2) is 0 Å². The maximum absolute atomic E-state index is 5.23. The van der Waals surface area contributed by atoms with Gasteiger partial charge in [0, 0.05) is 18.1 Å². The Labute approximate surface area is 135 Å². The van der Waals surface area contributed by atoms with Crippen molar-refractivity contribution in [2.45, 2.75) is 12.1 Å². The van der Waals surface area contributed by atoms with Gasteiger partial charge in [0.05, 0.1) is 25.5 Å². The molecule has 0 saturated heterocycles. The zero-order valence-corrected chi connectivity index (χ0v) is 12.8. The second-order valence-electron chi connectivity index (χ2n) is 5.57. The smallest absolute Gasteiger partial charge is 0.119 e. The maximum Gasteiger partial charge on any atom is 0.119 e. The number of rotatable bonds is 3. The number of benzene rings is 1. The van der Waals surface area contributed by atoms with Crippen molar-refractivity contribution in [1.29, 1.82) is 0 Å². The van der Waals surface area contributed by atoms with Crippen molar-refractivity contribution in [3.63, 3.8) is 0 Å². The average Bonchev–Trinajstić information content (AvgIpc) is 3.05. The zero-order valence-electron chi connectivity index (χ0n) is 12.8. The Morgan fingerprint density at radius 1 is 1.04 bits per heavy atom. The number of fused-ring (bicyclic) bond motifs is 1. The van der Waals surface area contributed by atoms with Crippen LogP contribution in [-0.2, 0) is 0 Å². The Kier molecular flexibility index (Phi) is 3.42. The van der Waals surface area contributed by atoms with Crippen molar-refractivity contribution >= 4 is 17.6 Å². The van der Waals surface area contributed by atoms with E-state index in [1.54, 1.807) is 7.11 Å². The third-order valence-electron chi connectivity index (χ3n) is 4.24. The molecule has 1 aromatic heterocycles. The fourth-order valence-electron chi connectivity index (χ4n) is 2.99. The molecule has 2 heterocycles. The summed E-state index contributed by atoms with van der Waals surface area (Å²) in [7, 11) is 1.68. The van der Waals surface area contributed by atoms with Crippen LogP contribution in [0, 0.1) is 0 Å². The first kappa shape index (κ1) is 13.8. The third kappa shape index (κ3) is 2.52. The van der Waals surface area contributed by atoms with E-state index in [0.717, 1.165) is 11.4 Å². The summed E-state index contributed by atoms with van der Waals surface area (Å²) >= 11 is 0. The summed E-state index contributed by atoms with van der Waals surface area (Å²) in [6.45, 7) is 0. The summed E-state index contributed by atoms with van der Waals surface area (Å²) in [6, 6.07) is 12.5. The SMILES string of the molecule is COc1ccc(N2C=NC3C=CC(c4ccncc4)=CC32)cc1. The molecule has 0 saturated carbocycles. The number of allylic oxidation sites excluding steroid dienone is 2. The number of aromatic nitrogens is 1. The number of aliphatic imine (C=N–C) groups is 1. The predicted molar refractivity (Wildman–Crippen MR) is 92.9 cm³/mol. The second-order valence-corrected chi connectivity index (χ2v) is 5.57. The molecule has 4 nitrogen and oxygen atoms in total. The Morgan fingerprint density at radius 2 is 1.83 bits per heavy atom. The first-order valence-electron chi connectivity index (χ1n) is 7.61. The lowest BCUT2D eigenvalue weighted by Gasteiger charge is -2.27. The molecule has 23 heavy (non-hydrogen) atoms. The molecule has 0 radical (unpaired) electrons. The topological polar surface area (TPSA) is 37.7 Å². The van der Waals surface area contributed by atoms with E-state index in [2.05, 4.69) is 45.2 Å². The van der Waals surface area contributed by atoms with Gasteiger partial charge in [-0.2, -0.15) is 0 Å². The van der Waals surface area contributed by atoms with Crippen LogP contribution in [0.2, 0.25) is 0 Å². The van der Waals surface area contributed by atoms with Crippen molar-refractivity contribution in [1.82, 2.24) is 4.98 Å². The van der Waals surface area contributed by atoms with Crippen LogP contribution in [0.5, 0.6) is 5.75 Å². The van der Waals surface area contributed by atoms with Gasteiger partial charge >= 0.3 is 0 Å². The fraction of sp³-hybridized carbons (Fsp3) is 0.158. The lowest BCUT2D eigenvalue weighted by atomic mass is 9.94. The molecule has 0 bridgehead atoms. The number of methoxy groups -OCH3 is 1. The first-order valence-corrected chi connectivity index (χ1v) is 7.61. The molecule has 2 aromatic rings. The van der Waals surface area contributed by atoms with Gasteiger partial charge in [-0.3, -0.25) is 9.98 Å². The van der Waals surface area contributed by atoms with E-state index in [1.165, 1.54) is 11.1 Å². The highest BCUT2D eigenvalue weighted by Crippen LogP contribution is 2.31. The van der Waals surface area contributed by atoms with Crippen LogP contribution in [-0.4, -0.2) is 30.5 Å². The van der Waals surface area contributed by atoms with Crippen molar-refractivity contribution in [2.75, 3.05) is 12.0 Å². The number of pyridine rings is 1. The van der Waals surface area contributed by atoms with Gasteiger partial charge in [0.25, 0.3) is 0 Å². The highest BCUT2D eigenvalue weighted by atomic mass is 16.5. The van der Waals surface area contributed by atoms with Crippen LogP contribution in [0.25, 0.3) is 5.57 Å². The Hall–Kier alpha value is -2.88. The normalized spacial score (nSPS) is 22.0. The van der Waals surface area contributed by atoms with Crippen molar-refractivity contribution in [3.8, 4) is 5.75 Å². The van der Waals surface area contributed by atoms with Crippen LogP contribution in [0.1, 0.15) is 5.56 Å². The quantitative estimate of drug-likeness (QED) is 0.873.